The molecule has 0 aromatic carbocycles. The number of hydrogen-bond acceptors (Lipinski definition) is 5. The fraction of sp³-hybridized carbons (Fsp3) is 0.760. The van der Waals surface area contributed by atoms with Crippen LogP contribution in [0.25, 0.3) is 0 Å². The van der Waals surface area contributed by atoms with Gasteiger partial charge in [0.25, 0.3) is 0 Å². The van der Waals surface area contributed by atoms with Gasteiger partial charge in [0.05, 0.1) is 0 Å². The molecule has 0 radical (unpaired) electrons. The maximum Gasteiger partial charge on any atom is -0.153 e. The van der Waals surface area contributed by atoms with Gasteiger partial charge in [0.15, 0.2) is 0 Å². The van der Waals surface area contributed by atoms with Gasteiger partial charge in [-0.25, -0.2) is 0 Å². The van der Waals surface area contributed by atoms with Crippen LogP contribution in [-0.4, -0.2) is 19.0 Å². The fourth-order valence-corrected chi connectivity index (χ4v) is 8.49. The van der Waals surface area contributed by atoms with E-state index >= 15 is 0 Å². The van der Waals surface area contributed by atoms with Crippen LogP contribution in [0.3, 0.4) is 0 Å². The number of rotatable bonds is 5. The van der Waals surface area contributed by atoms with E-state index in [9.17, 15) is 9.59 Å². The third-order valence-corrected chi connectivity index (χ3v) is 10.9. The topological polar surface area (TPSA) is 75.7 Å². The van der Waals surface area contributed by atoms with Crippen LogP contribution in [0, 0.1) is 17.3 Å². The van der Waals surface area contributed by atoms with E-state index in [0.717, 1.165) is 67.9 Å². The van der Waals surface area contributed by atoms with Gasteiger partial charge in [0, 0.05) is 0 Å². The normalized spacial score (nSPS) is 22.0. The van der Waals surface area contributed by atoms with E-state index in [1.807, 2.05) is 0 Å². The van der Waals surface area contributed by atoms with Gasteiger partial charge in [-0.3, -0.25) is 0 Å². The molecule has 2 fully saturated rings. The van der Waals surface area contributed by atoms with Crippen molar-refractivity contribution in [2.24, 2.45) is 17.3 Å². The second-order valence-corrected chi connectivity index (χ2v) is 12.0. The molecule has 31 heavy (non-hydrogen) atoms. The molecule has 0 spiro atoms. The molecule has 6 heteroatoms. The summed E-state index contributed by atoms with van der Waals surface area (Å²) in [6.45, 7) is 10.7. The predicted molar refractivity (Wildman–Crippen MR) is 116 cm³/mol. The molecule has 0 aromatic heterocycles. The van der Waals surface area contributed by atoms with Crippen molar-refractivity contribution in [1.29, 1.82) is 0 Å². The molecular formula is C25H40O5Ti. The predicted octanol–water partition coefficient (Wildman–Crippen LogP) is 5.31. The second-order valence-electron chi connectivity index (χ2n) is 9.67. The zero-order chi connectivity index (χ0) is 23.2. The van der Waals surface area contributed by atoms with E-state index in [0.29, 0.717) is 0 Å². The minimum Gasteiger partial charge on any atom is -0.857 e. The first kappa shape index (κ1) is 26.3. The molecule has 0 N–H and O–H groups in total. The van der Waals surface area contributed by atoms with Crippen LogP contribution >= 0.6 is 0 Å². The first-order chi connectivity index (χ1) is 14.7. The van der Waals surface area contributed by atoms with Crippen LogP contribution in [0.2, 0.25) is 0 Å². The molecule has 0 unspecified atom stereocenters. The Balaban J connectivity index is 0.00000166. The van der Waals surface area contributed by atoms with Gasteiger partial charge in [-0.15, -0.1) is 0 Å². The van der Waals surface area contributed by atoms with Gasteiger partial charge in [-0.1, -0.05) is 0 Å². The van der Waals surface area contributed by atoms with Crippen molar-refractivity contribution >= 4 is 11.9 Å². The first-order valence-electron chi connectivity index (χ1n) is 11.8. The quantitative estimate of drug-likeness (QED) is 0.512. The monoisotopic (exact) mass is 468 g/mol. The zero-order valence-electron chi connectivity index (χ0n) is 20.3. The number of carbonyl (C=O) groups is 2. The SMILES string of the molecule is CC1=C(C)C(C)(C)[C]([Ti+]([O]C(=O)C2CCCCC2)[O]C(=O)C2CCCCC2)=C1C.C[O-]. The average Bonchev–Trinajstić information content (AvgIpc) is 2.94. The van der Waals surface area contributed by atoms with Crippen LogP contribution in [0.15, 0.2) is 20.6 Å². The van der Waals surface area contributed by atoms with E-state index in [4.69, 9.17) is 11.7 Å². The molecule has 3 aliphatic carbocycles. The van der Waals surface area contributed by atoms with Crippen molar-refractivity contribution in [1.82, 2.24) is 0 Å². The molecule has 3 rings (SSSR count). The molecule has 0 saturated heterocycles. The fourth-order valence-electron chi connectivity index (χ4n) is 5.15. The molecule has 2 saturated carbocycles. The van der Waals surface area contributed by atoms with Crippen LogP contribution in [-0.2, 0) is 34.9 Å². The number of allylic oxidation sites excluding steroid dienone is 4. The van der Waals surface area contributed by atoms with E-state index in [1.165, 1.54) is 24.0 Å². The Morgan fingerprint density at radius 3 is 1.48 bits per heavy atom. The summed E-state index contributed by atoms with van der Waals surface area (Å²) in [5, 5.41) is 8.25. The van der Waals surface area contributed by atoms with E-state index in [1.54, 1.807) is 0 Å². The van der Waals surface area contributed by atoms with E-state index < -0.39 is 18.6 Å². The molecule has 174 valence electrons. The van der Waals surface area contributed by atoms with Crippen LogP contribution in [0.1, 0.15) is 98.8 Å². The van der Waals surface area contributed by atoms with Gasteiger partial charge < -0.3 is 5.11 Å². The largest absolute Gasteiger partial charge is 0.857 e. The molecule has 0 bridgehead atoms. The Bertz CT molecular complexity index is 677. The number of carbonyl (C=O) groups excluding carboxylic acids is 2. The summed E-state index contributed by atoms with van der Waals surface area (Å²) in [4.78, 5) is 26.0. The standard InChI is InChI=1S/C10H15.2C7H12O2.CH3O.Ti/c1-7-6-10(4,5)9(3)8(7)2;2*8-7(9)6-4-2-1-3-5-6;1-2;/h1-5H3;2*6H,1-5H2,(H,8,9);1H3;/q;;;-1;+3/p-2. The number of hydrogen-bond donors (Lipinski definition) is 0. The molecule has 0 aliphatic heterocycles. The molecular weight excluding hydrogens is 428 g/mol. The third-order valence-electron chi connectivity index (χ3n) is 7.53. The smallest absolute Gasteiger partial charge is 0.153 e. The summed E-state index contributed by atoms with van der Waals surface area (Å²) < 4.78 is 13.4. The van der Waals surface area contributed by atoms with Gasteiger partial charge in [0.1, 0.15) is 0 Å². The Labute approximate surface area is 195 Å². The Morgan fingerprint density at radius 2 is 1.16 bits per heavy atom. The molecule has 3 aliphatic rings. The minimum atomic E-state index is -3.01. The summed E-state index contributed by atoms with van der Waals surface area (Å²) >= 11 is -3.01. The molecule has 0 amide bonds. The maximum absolute atomic E-state index is 13.0. The first-order valence-corrected chi connectivity index (χ1v) is 13.9. The second kappa shape index (κ2) is 11.8. The van der Waals surface area contributed by atoms with Crippen LogP contribution in [0.5, 0.6) is 0 Å². The van der Waals surface area contributed by atoms with E-state index in [-0.39, 0.29) is 29.2 Å². The molecule has 0 heterocycles. The maximum atomic E-state index is 13.0. The van der Waals surface area contributed by atoms with Gasteiger partial charge in [-0.05, 0) is 0 Å². The Kier molecular flexibility index (Phi) is 10.0. The minimum absolute atomic E-state index is 0.0276. The van der Waals surface area contributed by atoms with Crippen molar-refractivity contribution in [3.8, 4) is 0 Å². The molecule has 0 aromatic rings. The Morgan fingerprint density at radius 1 is 0.774 bits per heavy atom. The van der Waals surface area contributed by atoms with Crippen molar-refractivity contribution < 1.29 is 40.0 Å². The molecule has 0 atom stereocenters. The van der Waals surface area contributed by atoms with Crippen molar-refractivity contribution in [3.05, 3.63) is 20.6 Å². The summed E-state index contributed by atoms with van der Waals surface area (Å²) in [6, 6.07) is 0. The van der Waals surface area contributed by atoms with Crippen molar-refractivity contribution in [2.45, 2.75) is 98.8 Å². The summed E-state index contributed by atoms with van der Waals surface area (Å²) in [5.41, 5.74) is 3.48. The van der Waals surface area contributed by atoms with Crippen LogP contribution in [0.4, 0.5) is 0 Å². The van der Waals surface area contributed by atoms with Gasteiger partial charge in [-0.2, -0.15) is 7.11 Å². The van der Waals surface area contributed by atoms with Crippen LogP contribution < -0.4 is 5.11 Å². The van der Waals surface area contributed by atoms with Crippen molar-refractivity contribution in [3.63, 3.8) is 0 Å². The summed E-state index contributed by atoms with van der Waals surface area (Å²) in [6.07, 6.45) is 10.4. The third kappa shape index (κ3) is 6.12. The summed E-state index contributed by atoms with van der Waals surface area (Å²) in [7, 11) is 0.750. The van der Waals surface area contributed by atoms with Gasteiger partial charge in [0.2, 0.25) is 0 Å². The van der Waals surface area contributed by atoms with Crippen molar-refractivity contribution in [2.75, 3.05) is 7.11 Å². The van der Waals surface area contributed by atoms with E-state index in [2.05, 4.69) is 34.6 Å². The Hall–Kier alpha value is -0.906. The average molecular weight is 468 g/mol. The van der Waals surface area contributed by atoms with Gasteiger partial charge >= 0.3 is 183 Å². The summed E-state index contributed by atoms with van der Waals surface area (Å²) in [5.74, 6) is -0.315. The zero-order valence-corrected chi connectivity index (χ0v) is 21.8. The molecule has 5 nitrogen and oxygen atoms in total.